The maximum Gasteiger partial charge on any atom is 0.312 e. The number of hydrogen-bond donors (Lipinski definition) is 3. The third-order valence-corrected chi connectivity index (χ3v) is 5.94. The molecule has 0 aromatic carbocycles. The first-order valence-electron chi connectivity index (χ1n) is 8.26. The van der Waals surface area contributed by atoms with E-state index >= 15 is 0 Å². The number of halogens is 2. The summed E-state index contributed by atoms with van der Waals surface area (Å²) in [5, 5.41) is 22.3. The summed E-state index contributed by atoms with van der Waals surface area (Å²) < 4.78 is 31.9. The second-order valence-electron chi connectivity index (χ2n) is 7.89. The highest BCUT2D eigenvalue weighted by Gasteiger charge is 2.70. The predicted octanol–water partition coefficient (Wildman–Crippen LogP) is 1.31. The van der Waals surface area contributed by atoms with E-state index in [0.29, 0.717) is 0 Å². The molecule has 1 atom stereocenters. The van der Waals surface area contributed by atoms with Crippen molar-refractivity contribution in [3.8, 4) is 0 Å². The third kappa shape index (κ3) is 2.79. The summed E-state index contributed by atoms with van der Waals surface area (Å²) in [6, 6.07) is 0. The minimum absolute atomic E-state index is 0.0177. The zero-order chi connectivity index (χ0) is 17.8. The maximum absolute atomic E-state index is 13.2. The molecule has 136 valence electrons. The van der Waals surface area contributed by atoms with Gasteiger partial charge in [-0.15, -0.1) is 0 Å². The molecule has 3 N–H and O–H groups in total. The van der Waals surface area contributed by atoms with Crippen molar-refractivity contribution < 1.29 is 33.3 Å². The third-order valence-electron chi connectivity index (χ3n) is 5.94. The number of fused-ring (bicyclic) bond motifs is 1. The van der Waals surface area contributed by atoms with Crippen molar-refractivity contribution in [3.05, 3.63) is 0 Å². The molecule has 1 unspecified atom stereocenters. The Morgan fingerprint density at radius 1 is 1.29 bits per heavy atom. The van der Waals surface area contributed by atoms with E-state index in [9.17, 15) is 23.5 Å². The largest absolute Gasteiger partial charge is 0.481 e. The topological polar surface area (TPSA) is 95.9 Å². The summed E-state index contributed by atoms with van der Waals surface area (Å²) in [5.74, 6) is -4.37. The van der Waals surface area contributed by atoms with Gasteiger partial charge in [0.1, 0.15) is 5.60 Å². The number of nitrogens with one attached hydrogen (secondary N) is 1. The molecule has 2 aliphatic heterocycles. The SMILES string of the molecule is CC(O)(CNC(=O)C12CC(C(=O)O)(CO1)C2)C1CCC(F)(F)CC1. The molecule has 6 nitrogen and oxygen atoms in total. The Bertz CT molecular complexity index is 547. The highest BCUT2D eigenvalue weighted by Crippen LogP contribution is 2.58. The van der Waals surface area contributed by atoms with Crippen molar-refractivity contribution >= 4 is 11.9 Å². The van der Waals surface area contributed by atoms with Crippen LogP contribution in [0.2, 0.25) is 0 Å². The normalized spacial score (nSPS) is 37.3. The molecule has 0 aromatic heterocycles. The first kappa shape index (κ1) is 17.5. The number of carboxylic acid groups (broad SMARTS) is 1. The molecule has 24 heavy (non-hydrogen) atoms. The summed E-state index contributed by atoms with van der Waals surface area (Å²) in [5.41, 5.74) is -3.36. The molecule has 4 fully saturated rings. The lowest BCUT2D eigenvalue weighted by molar-refractivity contribution is -0.159. The second-order valence-corrected chi connectivity index (χ2v) is 7.89. The number of ether oxygens (including phenoxy) is 1. The second kappa shape index (κ2) is 5.36. The Kier molecular flexibility index (Phi) is 3.92. The Morgan fingerprint density at radius 2 is 1.88 bits per heavy atom. The van der Waals surface area contributed by atoms with Gasteiger partial charge in [0.15, 0.2) is 0 Å². The lowest BCUT2D eigenvalue weighted by Crippen LogP contribution is -2.59. The van der Waals surface area contributed by atoms with Gasteiger partial charge in [-0.2, -0.15) is 0 Å². The van der Waals surface area contributed by atoms with Gasteiger partial charge in [-0.1, -0.05) is 0 Å². The van der Waals surface area contributed by atoms with E-state index in [-0.39, 0.29) is 57.6 Å². The van der Waals surface area contributed by atoms with Crippen LogP contribution in [0.4, 0.5) is 8.78 Å². The van der Waals surface area contributed by atoms with E-state index in [1.807, 2.05) is 0 Å². The number of carbonyl (C=O) groups is 2. The Hall–Kier alpha value is -1.28. The van der Waals surface area contributed by atoms with Gasteiger partial charge in [-0.25, -0.2) is 8.78 Å². The standard InChI is InChI=1S/C16H23F2NO5/c1-13(23,10-2-4-16(17,18)5-3-10)8-19-11(20)15-6-14(7-15,9-24-15)12(21)22/h10,23H,2-9H2,1H3,(H,19,20)(H,21,22). The van der Waals surface area contributed by atoms with E-state index in [0.717, 1.165) is 0 Å². The monoisotopic (exact) mass is 347 g/mol. The van der Waals surface area contributed by atoms with Crippen molar-refractivity contribution in [2.45, 2.75) is 62.6 Å². The Morgan fingerprint density at radius 3 is 2.38 bits per heavy atom. The molecule has 0 aromatic rings. The molecule has 2 aliphatic carbocycles. The van der Waals surface area contributed by atoms with Crippen molar-refractivity contribution in [1.29, 1.82) is 0 Å². The van der Waals surface area contributed by atoms with E-state index in [4.69, 9.17) is 9.84 Å². The average molecular weight is 347 g/mol. The van der Waals surface area contributed by atoms with Crippen LogP contribution in [0.25, 0.3) is 0 Å². The molecule has 2 heterocycles. The molecule has 1 amide bonds. The summed E-state index contributed by atoms with van der Waals surface area (Å²) in [6.07, 6.45) is 0.184. The van der Waals surface area contributed by atoms with Crippen molar-refractivity contribution in [2.24, 2.45) is 11.3 Å². The summed E-state index contributed by atoms with van der Waals surface area (Å²) >= 11 is 0. The van der Waals surface area contributed by atoms with Gasteiger partial charge >= 0.3 is 5.97 Å². The molecule has 0 spiro atoms. The molecule has 8 heteroatoms. The molecule has 2 saturated heterocycles. The van der Waals surface area contributed by atoms with Crippen molar-refractivity contribution in [1.82, 2.24) is 5.32 Å². The fraction of sp³-hybridized carbons (Fsp3) is 0.875. The zero-order valence-electron chi connectivity index (χ0n) is 13.6. The van der Waals surface area contributed by atoms with Gasteiger partial charge in [0.25, 0.3) is 5.91 Å². The number of rotatable bonds is 5. The lowest BCUT2D eigenvalue weighted by atomic mass is 9.62. The molecule has 2 saturated carbocycles. The minimum Gasteiger partial charge on any atom is -0.481 e. The van der Waals surface area contributed by atoms with E-state index in [2.05, 4.69) is 5.32 Å². The highest BCUT2D eigenvalue weighted by atomic mass is 19.3. The zero-order valence-corrected chi connectivity index (χ0v) is 13.6. The number of carbonyl (C=O) groups excluding carboxylic acids is 1. The van der Waals surface area contributed by atoms with Gasteiger partial charge in [0, 0.05) is 32.2 Å². The number of aliphatic carboxylic acids is 1. The van der Waals surface area contributed by atoms with Gasteiger partial charge in [0.05, 0.1) is 17.6 Å². The van der Waals surface area contributed by atoms with Crippen LogP contribution >= 0.6 is 0 Å². The molecular formula is C16H23F2NO5. The minimum atomic E-state index is -2.67. The fourth-order valence-electron chi connectivity index (χ4n) is 4.19. The van der Waals surface area contributed by atoms with Crippen LogP contribution in [0.5, 0.6) is 0 Å². The van der Waals surface area contributed by atoms with Crippen LogP contribution in [0.15, 0.2) is 0 Å². The van der Waals surface area contributed by atoms with Crippen LogP contribution in [0.1, 0.15) is 45.4 Å². The predicted molar refractivity (Wildman–Crippen MR) is 78.5 cm³/mol. The number of amides is 1. The molecule has 2 bridgehead atoms. The first-order chi connectivity index (χ1) is 11.0. The highest BCUT2D eigenvalue weighted by molar-refractivity contribution is 5.92. The summed E-state index contributed by atoms with van der Waals surface area (Å²) in [7, 11) is 0. The lowest BCUT2D eigenvalue weighted by Gasteiger charge is -2.42. The Balaban J connectivity index is 1.53. The van der Waals surface area contributed by atoms with Crippen LogP contribution in [0, 0.1) is 11.3 Å². The smallest absolute Gasteiger partial charge is 0.312 e. The van der Waals surface area contributed by atoms with Gasteiger partial charge < -0.3 is 20.3 Å². The number of alkyl halides is 2. The molecule has 4 aliphatic rings. The van der Waals surface area contributed by atoms with Gasteiger partial charge in [-0.3, -0.25) is 9.59 Å². The molecule has 0 radical (unpaired) electrons. The van der Waals surface area contributed by atoms with Crippen LogP contribution in [-0.2, 0) is 14.3 Å². The van der Waals surface area contributed by atoms with Gasteiger partial charge in [0.2, 0.25) is 5.92 Å². The summed E-state index contributed by atoms with van der Waals surface area (Å²) in [4.78, 5) is 23.5. The van der Waals surface area contributed by atoms with Gasteiger partial charge in [-0.05, 0) is 25.7 Å². The van der Waals surface area contributed by atoms with Crippen LogP contribution < -0.4 is 5.32 Å². The maximum atomic E-state index is 13.2. The Labute approximate surface area is 138 Å². The molecule has 4 rings (SSSR count). The number of hydrogen-bond acceptors (Lipinski definition) is 4. The number of aliphatic hydroxyl groups is 1. The van der Waals surface area contributed by atoms with Crippen LogP contribution in [0.3, 0.4) is 0 Å². The fourth-order valence-corrected chi connectivity index (χ4v) is 4.19. The first-order valence-corrected chi connectivity index (χ1v) is 8.26. The van der Waals surface area contributed by atoms with Crippen LogP contribution in [-0.4, -0.2) is 52.4 Å². The van der Waals surface area contributed by atoms with E-state index < -0.39 is 34.4 Å². The van der Waals surface area contributed by atoms with Crippen molar-refractivity contribution in [2.75, 3.05) is 13.2 Å². The quantitative estimate of drug-likeness (QED) is 0.697. The molecular weight excluding hydrogens is 324 g/mol. The van der Waals surface area contributed by atoms with E-state index in [1.54, 1.807) is 0 Å². The average Bonchev–Trinajstić information content (AvgIpc) is 3.02. The summed E-state index contributed by atoms with van der Waals surface area (Å²) in [6.45, 7) is 1.49. The number of carboxylic acids is 1. The van der Waals surface area contributed by atoms with E-state index in [1.165, 1.54) is 6.92 Å². The van der Waals surface area contributed by atoms with Crippen molar-refractivity contribution in [3.63, 3.8) is 0 Å².